The number of benzene rings is 1. The lowest BCUT2D eigenvalue weighted by Crippen LogP contribution is -2.15. The van der Waals surface area contributed by atoms with Gasteiger partial charge in [-0.1, -0.05) is 11.6 Å². The van der Waals surface area contributed by atoms with Crippen LogP contribution in [0.15, 0.2) is 30.0 Å². The fraction of sp³-hybridized carbons (Fsp3) is 0.214. The van der Waals surface area contributed by atoms with E-state index in [0.29, 0.717) is 5.69 Å². The van der Waals surface area contributed by atoms with Crippen LogP contribution >= 0.6 is 11.6 Å². The molecule has 1 rings (SSSR count). The van der Waals surface area contributed by atoms with Crippen molar-refractivity contribution in [3.05, 3.63) is 40.6 Å². The first-order chi connectivity index (χ1) is 10.4. The highest BCUT2D eigenvalue weighted by Gasteiger charge is 2.15. The van der Waals surface area contributed by atoms with E-state index in [-0.39, 0.29) is 16.3 Å². The fourth-order valence-electron chi connectivity index (χ4n) is 1.44. The van der Waals surface area contributed by atoms with Crippen molar-refractivity contribution in [2.24, 2.45) is 0 Å². The van der Waals surface area contributed by atoms with Gasteiger partial charge in [-0.3, -0.25) is 0 Å². The Kier molecular flexibility index (Phi) is 6.40. The van der Waals surface area contributed by atoms with Gasteiger partial charge in [-0.15, -0.1) is 0 Å². The molecular formula is C14H14ClNO6. The topological polar surface area (TPSA) is 90.9 Å². The van der Waals surface area contributed by atoms with Gasteiger partial charge in [0.15, 0.2) is 0 Å². The molecule has 22 heavy (non-hydrogen) atoms. The SMILES string of the molecule is COC(=O)/C=C(/Nc1ccc(C(=O)OC)cc1Cl)C(=O)OC. The van der Waals surface area contributed by atoms with Crippen molar-refractivity contribution in [2.45, 2.75) is 0 Å². The minimum Gasteiger partial charge on any atom is -0.466 e. The molecule has 0 amide bonds. The molecule has 0 radical (unpaired) electrons. The zero-order valence-corrected chi connectivity index (χ0v) is 12.9. The highest BCUT2D eigenvalue weighted by molar-refractivity contribution is 6.33. The van der Waals surface area contributed by atoms with E-state index in [9.17, 15) is 14.4 Å². The Hall–Kier alpha value is -2.54. The van der Waals surface area contributed by atoms with Gasteiger partial charge < -0.3 is 19.5 Å². The van der Waals surface area contributed by atoms with Gasteiger partial charge in [0.2, 0.25) is 0 Å². The molecule has 0 saturated heterocycles. The third-order valence-corrected chi connectivity index (χ3v) is 2.84. The summed E-state index contributed by atoms with van der Waals surface area (Å²) in [6, 6.07) is 4.28. The number of nitrogens with one attached hydrogen (secondary N) is 1. The fourth-order valence-corrected chi connectivity index (χ4v) is 1.67. The molecule has 0 saturated carbocycles. The summed E-state index contributed by atoms with van der Waals surface area (Å²) in [5.74, 6) is -2.07. The molecule has 0 atom stereocenters. The summed E-state index contributed by atoms with van der Waals surface area (Å²) in [6.45, 7) is 0. The van der Waals surface area contributed by atoms with Gasteiger partial charge in [0, 0.05) is 0 Å². The number of hydrogen-bond donors (Lipinski definition) is 1. The molecule has 1 N–H and O–H groups in total. The van der Waals surface area contributed by atoms with Crippen LogP contribution in [0.5, 0.6) is 0 Å². The Morgan fingerprint density at radius 1 is 1.09 bits per heavy atom. The monoisotopic (exact) mass is 327 g/mol. The lowest BCUT2D eigenvalue weighted by molar-refractivity contribution is -0.138. The molecule has 1 aromatic rings. The molecule has 0 spiro atoms. The predicted molar refractivity (Wildman–Crippen MR) is 78.5 cm³/mol. The molecule has 0 heterocycles. The minimum atomic E-state index is -0.779. The van der Waals surface area contributed by atoms with Crippen LogP contribution in [0.3, 0.4) is 0 Å². The first kappa shape index (κ1) is 17.5. The third-order valence-electron chi connectivity index (χ3n) is 2.53. The molecule has 0 aliphatic carbocycles. The average molecular weight is 328 g/mol. The number of carbonyl (C=O) groups is 3. The molecule has 0 unspecified atom stereocenters. The van der Waals surface area contributed by atoms with Crippen LogP contribution in [-0.2, 0) is 23.8 Å². The maximum absolute atomic E-state index is 11.6. The van der Waals surface area contributed by atoms with Crippen molar-refractivity contribution < 1.29 is 28.6 Å². The van der Waals surface area contributed by atoms with Gasteiger partial charge in [-0.05, 0) is 18.2 Å². The van der Waals surface area contributed by atoms with Crippen LogP contribution in [0.2, 0.25) is 5.02 Å². The van der Waals surface area contributed by atoms with Crippen LogP contribution in [0.25, 0.3) is 0 Å². The van der Waals surface area contributed by atoms with Crippen molar-refractivity contribution in [3.63, 3.8) is 0 Å². The molecular weight excluding hydrogens is 314 g/mol. The second-order valence-corrected chi connectivity index (χ2v) is 4.29. The quantitative estimate of drug-likeness (QED) is 0.500. The Bertz CT molecular complexity index is 626. The maximum Gasteiger partial charge on any atom is 0.354 e. The summed E-state index contributed by atoms with van der Waals surface area (Å²) >= 11 is 6.03. The van der Waals surface area contributed by atoms with E-state index in [4.69, 9.17) is 11.6 Å². The van der Waals surface area contributed by atoms with Crippen molar-refractivity contribution in [3.8, 4) is 0 Å². The lowest BCUT2D eigenvalue weighted by Gasteiger charge is -2.11. The normalized spacial score (nSPS) is 10.6. The Balaban J connectivity index is 3.09. The number of rotatable bonds is 5. The summed E-state index contributed by atoms with van der Waals surface area (Å²) < 4.78 is 13.6. The van der Waals surface area contributed by atoms with E-state index >= 15 is 0 Å². The predicted octanol–water partition coefficient (Wildman–Crippen LogP) is 1.77. The molecule has 0 aliphatic heterocycles. The highest BCUT2D eigenvalue weighted by Crippen LogP contribution is 2.25. The number of carbonyl (C=O) groups excluding carboxylic acids is 3. The van der Waals surface area contributed by atoms with Gasteiger partial charge in [0.05, 0.1) is 43.7 Å². The number of halogens is 1. The zero-order chi connectivity index (χ0) is 16.7. The van der Waals surface area contributed by atoms with Crippen molar-refractivity contribution in [2.75, 3.05) is 26.6 Å². The van der Waals surface area contributed by atoms with E-state index < -0.39 is 17.9 Å². The molecule has 118 valence electrons. The van der Waals surface area contributed by atoms with Gasteiger partial charge in [0.1, 0.15) is 5.70 Å². The zero-order valence-electron chi connectivity index (χ0n) is 12.1. The number of esters is 3. The molecule has 0 aliphatic rings. The molecule has 8 heteroatoms. The second-order valence-electron chi connectivity index (χ2n) is 3.88. The summed E-state index contributed by atoms with van der Waals surface area (Å²) in [4.78, 5) is 34.3. The molecule has 0 fully saturated rings. The smallest absolute Gasteiger partial charge is 0.354 e. The van der Waals surface area contributed by atoms with Crippen molar-refractivity contribution in [1.82, 2.24) is 0 Å². The first-order valence-electron chi connectivity index (χ1n) is 5.95. The highest BCUT2D eigenvalue weighted by atomic mass is 35.5. The van der Waals surface area contributed by atoms with Crippen LogP contribution in [0.1, 0.15) is 10.4 Å². The van der Waals surface area contributed by atoms with Gasteiger partial charge >= 0.3 is 17.9 Å². The Morgan fingerprint density at radius 2 is 1.77 bits per heavy atom. The van der Waals surface area contributed by atoms with E-state index in [1.165, 1.54) is 32.4 Å². The van der Waals surface area contributed by atoms with Crippen LogP contribution in [-0.4, -0.2) is 39.2 Å². The van der Waals surface area contributed by atoms with Crippen molar-refractivity contribution in [1.29, 1.82) is 0 Å². The van der Waals surface area contributed by atoms with Gasteiger partial charge in [-0.25, -0.2) is 14.4 Å². The van der Waals surface area contributed by atoms with Crippen LogP contribution in [0, 0.1) is 0 Å². The number of methoxy groups -OCH3 is 3. The van der Waals surface area contributed by atoms with Gasteiger partial charge in [0.25, 0.3) is 0 Å². The standard InChI is InChI=1S/C14H14ClNO6/c1-20-12(17)7-11(14(19)22-3)16-10-5-4-8(6-9(10)15)13(18)21-2/h4-7,16H,1-3H3/b11-7+. The van der Waals surface area contributed by atoms with Crippen molar-refractivity contribution >= 4 is 35.2 Å². The minimum absolute atomic E-state index is 0.155. The van der Waals surface area contributed by atoms with Crippen LogP contribution < -0.4 is 5.32 Å². The number of hydrogen-bond acceptors (Lipinski definition) is 7. The second kappa shape index (κ2) is 8.04. The molecule has 1 aromatic carbocycles. The lowest BCUT2D eigenvalue weighted by atomic mass is 10.2. The molecule has 0 bridgehead atoms. The van der Waals surface area contributed by atoms with E-state index in [1.54, 1.807) is 0 Å². The summed E-state index contributed by atoms with van der Waals surface area (Å²) in [6.07, 6.45) is 0.927. The largest absolute Gasteiger partial charge is 0.466 e. The Labute approximate surface area is 131 Å². The molecule has 7 nitrogen and oxygen atoms in total. The number of anilines is 1. The maximum atomic E-state index is 11.6. The first-order valence-corrected chi connectivity index (χ1v) is 6.33. The van der Waals surface area contributed by atoms with Crippen LogP contribution in [0.4, 0.5) is 5.69 Å². The van der Waals surface area contributed by atoms with E-state index in [1.807, 2.05) is 0 Å². The summed E-state index contributed by atoms with van der Waals surface area (Å²) in [7, 11) is 3.58. The number of ether oxygens (including phenoxy) is 3. The third kappa shape index (κ3) is 4.49. The van der Waals surface area contributed by atoms with E-state index in [0.717, 1.165) is 13.2 Å². The summed E-state index contributed by atoms with van der Waals surface area (Å²) in [5, 5.41) is 2.80. The van der Waals surface area contributed by atoms with Gasteiger partial charge in [-0.2, -0.15) is 0 Å². The van der Waals surface area contributed by atoms with E-state index in [2.05, 4.69) is 19.5 Å². The summed E-state index contributed by atoms with van der Waals surface area (Å²) in [5.41, 5.74) is 0.381. The molecule has 0 aromatic heterocycles. The average Bonchev–Trinajstić information content (AvgIpc) is 2.53. The Morgan fingerprint density at radius 3 is 2.27 bits per heavy atom.